The normalized spacial score (nSPS) is 12.8. The molecule has 0 unspecified atom stereocenters. The zero-order valence-corrected chi connectivity index (χ0v) is 32.6. The zero-order valence-electron chi connectivity index (χ0n) is 32.6. The fraction of sp³-hybridized carbons (Fsp3) is 0.733. The van der Waals surface area contributed by atoms with Crippen molar-refractivity contribution in [1.82, 2.24) is 0 Å². The first-order chi connectivity index (χ1) is 24.6. The average Bonchev–Trinajstić information content (AvgIpc) is 3.12. The summed E-state index contributed by atoms with van der Waals surface area (Å²) in [5.41, 5.74) is 0. The fourth-order valence-electron chi connectivity index (χ4n) is 5.66. The van der Waals surface area contributed by atoms with Crippen LogP contribution >= 0.6 is 0 Å². The summed E-state index contributed by atoms with van der Waals surface area (Å²) in [5, 5.41) is 9.56. The standard InChI is InChI=1S/C45H78O5/c1-3-5-7-9-11-13-15-17-19-20-21-22-23-24-26-28-30-32-34-36-38-40-45(48)50-43(41-46)42-49-44(47)39-37-35-33-31-29-27-25-18-16-14-12-10-8-6-4-2/h6,8,12,14,17-19,25,29,31,43,46H,3-5,7,9-11,13,15-16,20-24,26-28,30,32-42H2,1-2H3/b8-6-,14-12-,19-17-,25-18-,31-29-/t43-/m0/s1. The highest BCUT2D eigenvalue weighted by Crippen LogP contribution is 2.14. The second-order valence-corrected chi connectivity index (χ2v) is 13.7. The summed E-state index contributed by atoms with van der Waals surface area (Å²) in [6, 6.07) is 0. The third kappa shape index (κ3) is 38.4. The van der Waals surface area contributed by atoms with E-state index >= 15 is 0 Å². The summed E-state index contributed by atoms with van der Waals surface area (Å²) in [7, 11) is 0. The van der Waals surface area contributed by atoms with Gasteiger partial charge in [-0.3, -0.25) is 9.59 Å². The van der Waals surface area contributed by atoms with Crippen molar-refractivity contribution in [2.45, 2.75) is 200 Å². The van der Waals surface area contributed by atoms with Gasteiger partial charge in [0.1, 0.15) is 6.61 Å². The molecule has 0 rings (SSSR count). The molecule has 0 fully saturated rings. The Balaban J connectivity index is 3.58. The van der Waals surface area contributed by atoms with Crippen LogP contribution in [0.5, 0.6) is 0 Å². The van der Waals surface area contributed by atoms with Crippen LogP contribution in [0.4, 0.5) is 0 Å². The summed E-state index contributed by atoms with van der Waals surface area (Å²) in [6.45, 7) is 3.98. The van der Waals surface area contributed by atoms with Gasteiger partial charge in [-0.1, -0.05) is 164 Å². The first kappa shape index (κ1) is 47.6. The van der Waals surface area contributed by atoms with Gasteiger partial charge < -0.3 is 14.6 Å². The van der Waals surface area contributed by atoms with Crippen LogP contribution in [-0.2, 0) is 19.1 Å². The minimum absolute atomic E-state index is 0.0890. The lowest BCUT2D eigenvalue weighted by molar-refractivity contribution is -0.161. The molecule has 1 N–H and O–H groups in total. The molecule has 0 aliphatic rings. The number of hydrogen-bond acceptors (Lipinski definition) is 5. The molecule has 0 heterocycles. The van der Waals surface area contributed by atoms with E-state index in [1.54, 1.807) is 0 Å². The smallest absolute Gasteiger partial charge is 0.306 e. The number of carbonyl (C=O) groups excluding carboxylic acids is 2. The van der Waals surface area contributed by atoms with Gasteiger partial charge in [0.2, 0.25) is 0 Å². The van der Waals surface area contributed by atoms with Gasteiger partial charge in [0.25, 0.3) is 0 Å². The lowest BCUT2D eigenvalue weighted by Gasteiger charge is -2.15. The van der Waals surface area contributed by atoms with Crippen molar-refractivity contribution in [1.29, 1.82) is 0 Å². The topological polar surface area (TPSA) is 72.8 Å². The van der Waals surface area contributed by atoms with Gasteiger partial charge in [-0.15, -0.1) is 0 Å². The quantitative estimate of drug-likeness (QED) is 0.0397. The summed E-state index contributed by atoms with van der Waals surface area (Å²) < 4.78 is 10.6. The molecule has 0 bridgehead atoms. The largest absolute Gasteiger partial charge is 0.462 e. The molecule has 0 aromatic rings. The number of aliphatic hydroxyl groups excluding tert-OH is 1. The first-order valence-electron chi connectivity index (χ1n) is 20.8. The minimum atomic E-state index is -0.790. The van der Waals surface area contributed by atoms with Crippen molar-refractivity contribution < 1.29 is 24.2 Å². The summed E-state index contributed by atoms with van der Waals surface area (Å²) in [5.74, 6) is -0.641. The Morgan fingerprint density at radius 3 is 1.36 bits per heavy atom. The van der Waals surface area contributed by atoms with Gasteiger partial charge in [-0.05, 0) is 77.0 Å². The van der Waals surface area contributed by atoms with Crippen molar-refractivity contribution in [2.24, 2.45) is 0 Å². The number of aliphatic hydroxyl groups is 1. The molecule has 0 aromatic carbocycles. The van der Waals surface area contributed by atoms with Crippen molar-refractivity contribution in [3.8, 4) is 0 Å². The highest BCUT2D eigenvalue weighted by molar-refractivity contribution is 5.70. The summed E-state index contributed by atoms with van der Waals surface area (Å²) >= 11 is 0. The highest BCUT2D eigenvalue weighted by Gasteiger charge is 2.16. The number of rotatable bonds is 37. The van der Waals surface area contributed by atoms with E-state index < -0.39 is 6.10 Å². The maximum atomic E-state index is 12.2. The monoisotopic (exact) mass is 699 g/mol. The molecular weight excluding hydrogens is 620 g/mol. The minimum Gasteiger partial charge on any atom is -0.462 e. The molecule has 5 nitrogen and oxygen atoms in total. The molecule has 0 amide bonds. The number of carbonyl (C=O) groups is 2. The van der Waals surface area contributed by atoms with Gasteiger partial charge >= 0.3 is 11.9 Å². The van der Waals surface area contributed by atoms with Crippen molar-refractivity contribution in [3.63, 3.8) is 0 Å². The van der Waals surface area contributed by atoms with E-state index in [0.717, 1.165) is 64.2 Å². The second-order valence-electron chi connectivity index (χ2n) is 13.7. The van der Waals surface area contributed by atoms with Crippen LogP contribution in [0.15, 0.2) is 60.8 Å². The maximum absolute atomic E-state index is 12.2. The third-order valence-corrected chi connectivity index (χ3v) is 8.80. The molecule has 0 aliphatic heterocycles. The van der Waals surface area contributed by atoms with E-state index in [2.05, 4.69) is 74.6 Å². The lowest BCUT2D eigenvalue weighted by atomic mass is 10.0. The number of allylic oxidation sites excluding steroid dienone is 10. The van der Waals surface area contributed by atoms with Crippen LogP contribution in [0.3, 0.4) is 0 Å². The molecule has 0 saturated heterocycles. The third-order valence-electron chi connectivity index (χ3n) is 8.80. The van der Waals surface area contributed by atoms with E-state index in [-0.39, 0.29) is 25.2 Å². The Hall–Kier alpha value is -2.40. The van der Waals surface area contributed by atoms with E-state index in [4.69, 9.17) is 9.47 Å². The Labute approximate surface area is 309 Å². The van der Waals surface area contributed by atoms with Gasteiger partial charge in [-0.25, -0.2) is 0 Å². The Bertz CT molecular complexity index is 884. The number of hydrogen-bond donors (Lipinski definition) is 1. The van der Waals surface area contributed by atoms with Gasteiger partial charge in [0.15, 0.2) is 6.10 Å². The van der Waals surface area contributed by atoms with Gasteiger partial charge in [-0.2, -0.15) is 0 Å². The van der Waals surface area contributed by atoms with E-state index in [0.29, 0.717) is 12.8 Å². The molecule has 0 aliphatic carbocycles. The predicted octanol–water partition coefficient (Wildman–Crippen LogP) is 13.2. The van der Waals surface area contributed by atoms with Gasteiger partial charge in [0.05, 0.1) is 6.61 Å². The van der Waals surface area contributed by atoms with Crippen LogP contribution in [0.1, 0.15) is 194 Å². The van der Waals surface area contributed by atoms with Crippen LogP contribution < -0.4 is 0 Å². The first-order valence-corrected chi connectivity index (χ1v) is 20.8. The predicted molar refractivity (Wildman–Crippen MR) is 214 cm³/mol. The number of unbranched alkanes of at least 4 members (excludes halogenated alkanes) is 19. The zero-order chi connectivity index (χ0) is 36.4. The van der Waals surface area contributed by atoms with E-state index in [9.17, 15) is 14.7 Å². The van der Waals surface area contributed by atoms with Crippen molar-refractivity contribution in [3.05, 3.63) is 60.8 Å². The fourth-order valence-corrected chi connectivity index (χ4v) is 5.66. The Morgan fingerprint density at radius 2 is 0.860 bits per heavy atom. The molecule has 0 aromatic heterocycles. The summed E-state index contributed by atoms with van der Waals surface area (Å²) in [6.07, 6.45) is 52.9. The molecule has 50 heavy (non-hydrogen) atoms. The Morgan fingerprint density at radius 1 is 0.480 bits per heavy atom. The Kier molecular flexibility index (Phi) is 39.1. The average molecular weight is 699 g/mol. The van der Waals surface area contributed by atoms with E-state index in [1.165, 1.54) is 103 Å². The van der Waals surface area contributed by atoms with Crippen LogP contribution in [-0.4, -0.2) is 36.4 Å². The van der Waals surface area contributed by atoms with Gasteiger partial charge in [0, 0.05) is 12.8 Å². The molecule has 5 heteroatoms. The maximum Gasteiger partial charge on any atom is 0.306 e. The van der Waals surface area contributed by atoms with Crippen molar-refractivity contribution in [2.75, 3.05) is 13.2 Å². The molecule has 1 atom stereocenters. The van der Waals surface area contributed by atoms with Crippen LogP contribution in [0.25, 0.3) is 0 Å². The van der Waals surface area contributed by atoms with E-state index in [1.807, 2.05) is 0 Å². The SMILES string of the molecule is CC/C=C\C/C=C\C/C=C\C/C=C\CCCCC(=O)OC[C@H](CO)OC(=O)CCCCCCCCCCCCC/C=C\CCCCCCCC. The lowest BCUT2D eigenvalue weighted by Crippen LogP contribution is -2.28. The summed E-state index contributed by atoms with van der Waals surface area (Å²) in [4.78, 5) is 24.3. The highest BCUT2D eigenvalue weighted by atomic mass is 16.6. The van der Waals surface area contributed by atoms with Crippen LogP contribution in [0, 0.1) is 0 Å². The van der Waals surface area contributed by atoms with Crippen molar-refractivity contribution >= 4 is 11.9 Å². The second kappa shape index (κ2) is 41.0. The molecular formula is C45H78O5. The molecule has 0 spiro atoms. The molecule has 0 radical (unpaired) electrons. The van der Waals surface area contributed by atoms with Crippen LogP contribution in [0.2, 0.25) is 0 Å². The molecule has 0 saturated carbocycles. The number of ether oxygens (including phenoxy) is 2. The molecule has 288 valence electrons. The number of esters is 2.